The summed E-state index contributed by atoms with van der Waals surface area (Å²) in [6.45, 7) is 3.62. The second-order valence-electron chi connectivity index (χ2n) is 7.15. The number of nitrogens with zero attached hydrogens (tertiary/aromatic N) is 4. The van der Waals surface area contributed by atoms with Gasteiger partial charge in [0.2, 0.25) is 5.95 Å². The van der Waals surface area contributed by atoms with Gasteiger partial charge in [-0.05, 0) is 36.8 Å². The highest BCUT2D eigenvalue weighted by Crippen LogP contribution is 2.25. The van der Waals surface area contributed by atoms with Crippen molar-refractivity contribution in [2.24, 2.45) is 7.05 Å². The first-order valence-electron chi connectivity index (χ1n) is 9.26. The molecule has 6 nitrogen and oxygen atoms in total. The molecule has 0 spiro atoms. The van der Waals surface area contributed by atoms with Crippen molar-refractivity contribution in [3.05, 3.63) is 75.8 Å². The molecule has 0 bridgehead atoms. The van der Waals surface area contributed by atoms with Gasteiger partial charge in [-0.2, -0.15) is 0 Å². The number of rotatable bonds is 3. The van der Waals surface area contributed by atoms with Gasteiger partial charge in [0, 0.05) is 55.2 Å². The molecule has 1 N–H and O–H groups in total. The first-order chi connectivity index (χ1) is 13.5. The van der Waals surface area contributed by atoms with E-state index in [1.165, 1.54) is 0 Å². The number of halogens is 3. The molecule has 3 aromatic rings. The van der Waals surface area contributed by atoms with Crippen LogP contribution >= 0.6 is 36.4 Å². The molecule has 4 rings (SSSR count). The standard InChI is InChI=1S/C21H22ClN5O.2ClH/c1-14-12-27(13-19(24-14)15-3-5-17(22)6-4-15)21-25-18(11-20(28)26(21)2)16-7-9-23-10-8-16;;/h3-11,14,19,24H,12-13H2,1-2H3;2*1H. The van der Waals surface area contributed by atoms with E-state index in [1.807, 2.05) is 36.4 Å². The SMILES string of the molecule is CC1CN(c2nc(-c3ccncc3)cc(=O)n2C)CC(c2ccc(Cl)cc2)N1.Cl.Cl. The maximum Gasteiger partial charge on any atom is 0.255 e. The molecule has 2 unspecified atom stereocenters. The molecule has 0 amide bonds. The van der Waals surface area contributed by atoms with Crippen molar-refractivity contribution in [1.29, 1.82) is 0 Å². The van der Waals surface area contributed by atoms with Crippen molar-refractivity contribution in [3.63, 3.8) is 0 Å². The lowest BCUT2D eigenvalue weighted by molar-refractivity contribution is 0.389. The van der Waals surface area contributed by atoms with Crippen LogP contribution in [0.15, 0.2) is 59.7 Å². The van der Waals surface area contributed by atoms with Crippen LogP contribution in [0, 0.1) is 0 Å². The summed E-state index contributed by atoms with van der Waals surface area (Å²) in [7, 11) is 1.77. The summed E-state index contributed by atoms with van der Waals surface area (Å²) in [5, 5.41) is 4.34. The van der Waals surface area contributed by atoms with E-state index in [9.17, 15) is 4.79 Å². The molecule has 0 saturated carbocycles. The Hall–Kier alpha value is -2.12. The predicted octanol–water partition coefficient (Wildman–Crippen LogP) is 3.88. The van der Waals surface area contributed by atoms with E-state index < -0.39 is 0 Å². The zero-order valence-electron chi connectivity index (χ0n) is 16.7. The van der Waals surface area contributed by atoms with E-state index in [-0.39, 0.29) is 42.5 Å². The molecule has 1 aromatic carbocycles. The maximum atomic E-state index is 12.6. The lowest BCUT2D eigenvalue weighted by Crippen LogP contribution is -2.52. The zero-order valence-corrected chi connectivity index (χ0v) is 19.0. The normalized spacial score (nSPS) is 18.3. The number of hydrogen-bond acceptors (Lipinski definition) is 5. The predicted molar refractivity (Wildman–Crippen MR) is 126 cm³/mol. The monoisotopic (exact) mass is 467 g/mol. The van der Waals surface area contributed by atoms with Crippen LogP contribution in [0.5, 0.6) is 0 Å². The van der Waals surface area contributed by atoms with Crippen LogP contribution in [-0.4, -0.2) is 33.7 Å². The van der Waals surface area contributed by atoms with Gasteiger partial charge in [0.05, 0.1) is 11.7 Å². The van der Waals surface area contributed by atoms with Gasteiger partial charge < -0.3 is 10.2 Å². The fourth-order valence-electron chi connectivity index (χ4n) is 3.62. The Morgan fingerprint density at radius 2 is 1.73 bits per heavy atom. The minimum atomic E-state index is -0.0777. The van der Waals surface area contributed by atoms with E-state index in [2.05, 4.69) is 22.1 Å². The number of aromatic nitrogens is 3. The summed E-state index contributed by atoms with van der Waals surface area (Å²) in [5.41, 5.74) is 2.63. The van der Waals surface area contributed by atoms with Crippen LogP contribution in [0.3, 0.4) is 0 Å². The summed E-state index contributed by atoms with van der Waals surface area (Å²) >= 11 is 6.03. The lowest BCUT2D eigenvalue weighted by atomic mass is 10.0. The van der Waals surface area contributed by atoms with Crippen LogP contribution in [0.1, 0.15) is 18.5 Å². The molecular weight excluding hydrogens is 445 g/mol. The summed E-state index contributed by atoms with van der Waals surface area (Å²) in [5.74, 6) is 0.673. The Balaban J connectivity index is 0.00000160. The molecule has 3 heterocycles. The van der Waals surface area contributed by atoms with Gasteiger partial charge in [-0.25, -0.2) is 4.98 Å². The number of piperazine rings is 1. The lowest BCUT2D eigenvalue weighted by Gasteiger charge is -2.39. The molecule has 9 heteroatoms. The van der Waals surface area contributed by atoms with E-state index in [0.29, 0.717) is 18.2 Å². The van der Waals surface area contributed by atoms with Crippen molar-refractivity contribution in [2.75, 3.05) is 18.0 Å². The van der Waals surface area contributed by atoms with E-state index >= 15 is 0 Å². The Labute approximate surface area is 193 Å². The first-order valence-corrected chi connectivity index (χ1v) is 9.64. The Bertz CT molecular complexity index is 1030. The van der Waals surface area contributed by atoms with Crippen molar-refractivity contribution in [2.45, 2.75) is 19.0 Å². The zero-order chi connectivity index (χ0) is 19.7. The summed E-state index contributed by atoms with van der Waals surface area (Å²) in [4.78, 5) is 23.6. The molecular formula is C21H24Cl3N5O. The largest absolute Gasteiger partial charge is 0.339 e. The van der Waals surface area contributed by atoms with Gasteiger partial charge >= 0.3 is 0 Å². The molecule has 1 aliphatic rings. The van der Waals surface area contributed by atoms with Gasteiger partial charge in [0.15, 0.2) is 0 Å². The molecule has 0 aliphatic carbocycles. The first kappa shape index (κ1) is 24.2. The van der Waals surface area contributed by atoms with E-state index in [1.54, 1.807) is 30.1 Å². The smallest absolute Gasteiger partial charge is 0.255 e. The minimum absolute atomic E-state index is 0. The number of benzene rings is 1. The third-order valence-electron chi connectivity index (χ3n) is 5.03. The van der Waals surface area contributed by atoms with Crippen molar-refractivity contribution in [1.82, 2.24) is 19.9 Å². The third kappa shape index (κ3) is 5.13. The second kappa shape index (κ2) is 10.3. The Kier molecular flexibility index (Phi) is 8.26. The number of nitrogens with one attached hydrogen (secondary N) is 1. The van der Waals surface area contributed by atoms with Crippen LogP contribution in [0.25, 0.3) is 11.3 Å². The van der Waals surface area contributed by atoms with Crippen LogP contribution in [-0.2, 0) is 7.05 Å². The molecule has 30 heavy (non-hydrogen) atoms. The van der Waals surface area contributed by atoms with Crippen molar-refractivity contribution in [3.8, 4) is 11.3 Å². The summed E-state index contributed by atoms with van der Waals surface area (Å²) in [6.07, 6.45) is 3.41. The molecule has 1 aliphatic heterocycles. The van der Waals surface area contributed by atoms with Crippen molar-refractivity contribution >= 4 is 42.4 Å². The van der Waals surface area contributed by atoms with Gasteiger partial charge in [-0.1, -0.05) is 23.7 Å². The fraction of sp³-hybridized carbons (Fsp3) is 0.286. The van der Waals surface area contributed by atoms with Gasteiger partial charge in [-0.15, -0.1) is 24.8 Å². The molecule has 1 saturated heterocycles. The van der Waals surface area contributed by atoms with Crippen LogP contribution in [0.2, 0.25) is 5.02 Å². The third-order valence-corrected chi connectivity index (χ3v) is 5.28. The van der Waals surface area contributed by atoms with E-state index in [0.717, 1.165) is 22.7 Å². The molecule has 0 radical (unpaired) electrons. The highest BCUT2D eigenvalue weighted by molar-refractivity contribution is 6.30. The fourth-order valence-corrected chi connectivity index (χ4v) is 3.74. The summed E-state index contributed by atoms with van der Waals surface area (Å²) in [6, 6.07) is 13.6. The quantitative estimate of drug-likeness (QED) is 0.632. The highest BCUT2D eigenvalue weighted by atomic mass is 35.5. The minimum Gasteiger partial charge on any atom is -0.339 e. The topological polar surface area (TPSA) is 63.1 Å². The molecule has 2 atom stereocenters. The summed E-state index contributed by atoms with van der Waals surface area (Å²) < 4.78 is 1.61. The number of pyridine rings is 1. The molecule has 1 fully saturated rings. The second-order valence-corrected chi connectivity index (χ2v) is 7.59. The Morgan fingerprint density at radius 3 is 2.40 bits per heavy atom. The average molecular weight is 469 g/mol. The molecule has 160 valence electrons. The maximum absolute atomic E-state index is 12.6. The van der Waals surface area contributed by atoms with Gasteiger partial charge in [0.25, 0.3) is 5.56 Å². The average Bonchev–Trinajstić information content (AvgIpc) is 2.70. The van der Waals surface area contributed by atoms with E-state index in [4.69, 9.17) is 16.6 Å². The van der Waals surface area contributed by atoms with Crippen molar-refractivity contribution < 1.29 is 0 Å². The highest BCUT2D eigenvalue weighted by Gasteiger charge is 2.27. The number of anilines is 1. The molecule has 2 aromatic heterocycles. The Morgan fingerprint density at radius 1 is 1.07 bits per heavy atom. The van der Waals surface area contributed by atoms with Gasteiger partial charge in [0.1, 0.15) is 0 Å². The van der Waals surface area contributed by atoms with Gasteiger partial charge in [-0.3, -0.25) is 14.3 Å². The van der Waals surface area contributed by atoms with Crippen LogP contribution < -0.4 is 15.8 Å². The van der Waals surface area contributed by atoms with Crippen LogP contribution in [0.4, 0.5) is 5.95 Å². The number of hydrogen-bond donors (Lipinski definition) is 1.